The van der Waals surface area contributed by atoms with Gasteiger partial charge in [0, 0.05) is 5.56 Å². The number of benzene rings is 2. The molecule has 0 saturated carbocycles. The molecule has 0 amide bonds. The number of nitrogens with one attached hydrogen (secondary N) is 1. The lowest BCUT2D eigenvalue weighted by molar-refractivity contribution is 0.0847. The van der Waals surface area contributed by atoms with Gasteiger partial charge in [0.15, 0.2) is 5.78 Å². The average Bonchev–Trinajstić information content (AvgIpc) is 2.55. The van der Waals surface area contributed by atoms with E-state index in [0.29, 0.717) is 0 Å². The molecule has 0 bridgehead atoms. The summed E-state index contributed by atoms with van der Waals surface area (Å²) in [6.07, 6.45) is 1.73. The van der Waals surface area contributed by atoms with Gasteiger partial charge in [-0.25, -0.2) is 0 Å². The first-order valence-corrected chi connectivity index (χ1v) is 7.60. The maximum Gasteiger partial charge on any atom is 0.173 e. The molecular weight excluding hydrogens is 258 g/mol. The predicted octanol–water partition coefficient (Wildman–Crippen LogP) is 3.50. The Labute approximate surface area is 126 Å². The topological polar surface area (TPSA) is 29.1 Å². The minimum absolute atomic E-state index is 0.263. The molecule has 0 aliphatic carbocycles. The molecule has 108 valence electrons. The maximum absolute atomic E-state index is 13.2. The van der Waals surface area contributed by atoms with Crippen molar-refractivity contribution in [3.8, 4) is 0 Å². The van der Waals surface area contributed by atoms with Gasteiger partial charge in [-0.3, -0.25) is 4.79 Å². The Morgan fingerprint density at radius 3 is 2.38 bits per heavy atom. The summed E-state index contributed by atoms with van der Waals surface area (Å²) in [5.41, 5.74) is 2.75. The first kappa shape index (κ1) is 14.0. The molecule has 0 aromatic heterocycles. The van der Waals surface area contributed by atoms with Crippen molar-refractivity contribution in [2.75, 3.05) is 13.1 Å². The van der Waals surface area contributed by atoms with Crippen molar-refractivity contribution in [2.45, 2.75) is 25.2 Å². The Kier molecular flexibility index (Phi) is 3.89. The fourth-order valence-corrected chi connectivity index (χ4v) is 3.32. The van der Waals surface area contributed by atoms with E-state index in [-0.39, 0.29) is 11.2 Å². The van der Waals surface area contributed by atoms with Crippen LogP contribution in [-0.4, -0.2) is 18.9 Å². The van der Waals surface area contributed by atoms with Crippen LogP contribution in [-0.2, 0) is 5.41 Å². The predicted molar refractivity (Wildman–Crippen MR) is 85.7 cm³/mol. The zero-order valence-electron chi connectivity index (χ0n) is 12.4. The highest BCUT2D eigenvalue weighted by Crippen LogP contribution is 2.36. The summed E-state index contributed by atoms with van der Waals surface area (Å²) in [6, 6.07) is 18.2. The van der Waals surface area contributed by atoms with Gasteiger partial charge in [-0.05, 0) is 44.5 Å². The molecule has 1 saturated heterocycles. The highest BCUT2D eigenvalue weighted by atomic mass is 16.1. The van der Waals surface area contributed by atoms with Crippen molar-refractivity contribution >= 4 is 5.78 Å². The summed E-state index contributed by atoms with van der Waals surface area (Å²) in [5.74, 6) is 0.263. The van der Waals surface area contributed by atoms with Crippen LogP contribution in [0.15, 0.2) is 54.6 Å². The molecule has 2 heteroatoms. The van der Waals surface area contributed by atoms with E-state index < -0.39 is 0 Å². The quantitative estimate of drug-likeness (QED) is 0.871. The lowest BCUT2D eigenvalue weighted by Gasteiger charge is -2.37. The molecule has 0 unspecified atom stereocenters. The Morgan fingerprint density at radius 1 is 1.00 bits per heavy atom. The van der Waals surface area contributed by atoms with Gasteiger partial charge in [0.25, 0.3) is 0 Å². The van der Waals surface area contributed by atoms with Gasteiger partial charge in [-0.2, -0.15) is 0 Å². The fraction of sp³-hybridized carbons (Fsp3) is 0.316. The summed E-state index contributed by atoms with van der Waals surface area (Å²) in [7, 11) is 0. The van der Waals surface area contributed by atoms with Gasteiger partial charge in [0.05, 0.1) is 5.41 Å². The van der Waals surface area contributed by atoms with Gasteiger partial charge >= 0.3 is 0 Å². The van der Waals surface area contributed by atoms with Crippen molar-refractivity contribution in [3.63, 3.8) is 0 Å². The molecule has 1 aliphatic heterocycles. The van der Waals surface area contributed by atoms with Gasteiger partial charge < -0.3 is 5.32 Å². The fourth-order valence-electron chi connectivity index (χ4n) is 3.32. The number of Topliss-reactive ketones (excluding diaryl/α,β-unsaturated/α-hetero) is 1. The maximum atomic E-state index is 13.2. The molecule has 2 aromatic rings. The first-order chi connectivity index (χ1) is 10.2. The van der Waals surface area contributed by atoms with Gasteiger partial charge in [-0.15, -0.1) is 0 Å². The zero-order chi connectivity index (χ0) is 14.7. The first-order valence-electron chi connectivity index (χ1n) is 7.60. The van der Waals surface area contributed by atoms with Gasteiger partial charge in [0.1, 0.15) is 0 Å². The molecule has 1 fully saturated rings. The lowest BCUT2D eigenvalue weighted by Crippen LogP contribution is -2.45. The molecule has 3 rings (SSSR count). The highest BCUT2D eigenvalue weighted by Gasteiger charge is 2.41. The third-order valence-electron chi connectivity index (χ3n) is 4.50. The van der Waals surface area contributed by atoms with Crippen LogP contribution in [0.3, 0.4) is 0 Å². The van der Waals surface area contributed by atoms with E-state index >= 15 is 0 Å². The van der Waals surface area contributed by atoms with E-state index in [1.165, 1.54) is 0 Å². The van der Waals surface area contributed by atoms with Gasteiger partial charge in [-0.1, -0.05) is 54.1 Å². The molecule has 1 heterocycles. The number of hydrogen-bond donors (Lipinski definition) is 1. The van der Waals surface area contributed by atoms with E-state index in [9.17, 15) is 4.79 Å². The highest BCUT2D eigenvalue weighted by molar-refractivity contribution is 6.04. The summed E-state index contributed by atoms with van der Waals surface area (Å²) < 4.78 is 0. The van der Waals surface area contributed by atoms with Crippen LogP contribution in [0.4, 0.5) is 0 Å². The summed E-state index contributed by atoms with van der Waals surface area (Å²) in [6.45, 7) is 3.83. The molecule has 1 N–H and O–H groups in total. The van der Waals surface area contributed by atoms with Gasteiger partial charge in [0.2, 0.25) is 0 Å². The van der Waals surface area contributed by atoms with Crippen molar-refractivity contribution in [1.29, 1.82) is 0 Å². The number of ketones is 1. The standard InChI is InChI=1S/C19H21NO/c1-15-6-5-7-16(14-15)18(21)19(10-12-20-13-11-19)17-8-3-2-4-9-17/h2-9,14,20H,10-13H2,1H3. The van der Waals surface area contributed by atoms with E-state index in [1.807, 2.05) is 49.4 Å². The molecule has 2 nitrogen and oxygen atoms in total. The third-order valence-corrected chi connectivity index (χ3v) is 4.50. The average molecular weight is 279 g/mol. The molecule has 1 aliphatic rings. The number of rotatable bonds is 3. The summed E-state index contributed by atoms with van der Waals surface area (Å²) in [5, 5.41) is 3.37. The number of piperidine rings is 1. The van der Waals surface area contributed by atoms with Crippen LogP contribution in [0.25, 0.3) is 0 Å². The number of carbonyl (C=O) groups is 1. The zero-order valence-corrected chi connectivity index (χ0v) is 12.4. The van der Waals surface area contributed by atoms with E-state index in [2.05, 4.69) is 17.4 Å². The van der Waals surface area contributed by atoms with Crippen LogP contribution in [0.5, 0.6) is 0 Å². The van der Waals surface area contributed by atoms with Crippen molar-refractivity contribution < 1.29 is 4.79 Å². The molecule has 21 heavy (non-hydrogen) atoms. The number of hydrogen-bond acceptors (Lipinski definition) is 2. The second-order valence-electron chi connectivity index (χ2n) is 5.90. The SMILES string of the molecule is Cc1cccc(C(=O)C2(c3ccccc3)CCNCC2)c1. The number of aryl methyl sites for hydroxylation is 1. The largest absolute Gasteiger partial charge is 0.317 e. The molecular formula is C19H21NO. The second-order valence-corrected chi connectivity index (χ2v) is 5.90. The summed E-state index contributed by atoms with van der Waals surface area (Å²) >= 11 is 0. The van der Waals surface area contributed by atoms with Crippen LogP contribution < -0.4 is 5.32 Å². The van der Waals surface area contributed by atoms with E-state index in [4.69, 9.17) is 0 Å². The van der Waals surface area contributed by atoms with Crippen LogP contribution >= 0.6 is 0 Å². The second kappa shape index (κ2) is 5.82. The smallest absolute Gasteiger partial charge is 0.173 e. The Hall–Kier alpha value is -1.93. The van der Waals surface area contributed by atoms with Crippen LogP contribution in [0.2, 0.25) is 0 Å². The third kappa shape index (κ3) is 2.64. The Morgan fingerprint density at radius 2 is 1.71 bits per heavy atom. The van der Waals surface area contributed by atoms with Crippen molar-refractivity contribution in [3.05, 3.63) is 71.3 Å². The lowest BCUT2D eigenvalue weighted by atomic mass is 9.68. The normalized spacial score (nSPS) is 17.4. The minimum Gasteiger partial charge on any atom is -0.317 e. The number of carbonyl (C=O) groups excluding carboxylic acids is 1. The van der Waals surface area contributed by atoms with E-state index in [0.717, 1.165) is 42.6 Å². The minimum atomic E-state index is -0.375. The Bertz CT molecular complexity index is 627. The van der Waals surface area contributed by atoms with Crippen molar-refractivity contribution in [1.82, 2.24) is 5.32 Å². The van der Waals surface area contributed by atoms with Crippen LogP contribution in [0.1, 0.15) is 34.3 Å². The molecule has 0 atom stereocenters. The summed E-state index contributed by atoms with van der Waals surface area (Å²) in [4.78, 5) is 13.2. The molecule has 0 radical (unpaired) electrons. The Balaban J connectivity index is 2.06. The van der Waals surface area contributed by atoms with Crippen LogP contribution in [0, 0.1) is 6.92 Å². The molecule has 2 aromatic carbocycles. The molecule has 0 spiro atoms. The monoisotopic (exact) mass is 279 g/mol. The van der Waals surface area contributed by atoms with E-state index in [1.54, 1.807) is 0 Å². The van der Waals surface area contributed by atoms with Crippen molar-refractivity contribution in [2.24, 2.45) is 0 Å².